The zero-order valence-corrected chi connectivity index (χ0v) is 12.3. The molecule has 4 bridgehead atoms. The van der Waals surface area contributed by atoms with Crippen LogP contribution >= 0.6 is 0 Å². The van der Waals surface area contributed by atoms with Gasteiger partial charge in [0.15, 0.2) is 0 Å². The Morgan fingerprint density at radius 1 is 1.09 bits per heavy atom. The molecule has 8 rings (SSSR count). The number of hydrogen-bond donors (Lipinski definition) is 1. The fourth-order valence-corrected chi connectivity index (χ4v) is 8.84. The second-order valence-corrected chi connectivity index (χ2v) is 8.61. The first-order chi connectivity index (χ1) is 10.7. The van der Waals surface area contributed by atoms with Crippen LogP contribution in [-0.4, -0.2) is 21.3 Å². The molecule has 0 aromatic heterocycles. The summed E-state index contributed by atoms with van der Waals surface area (Å²) in [5, 5.41) is 21.9. The first kappa shape index (κ1) is 11.2. The summed E-state index contributed by atoms with van der Waals surface area (Å²) in [7, 11) is 0. The van der Waals surface area contributed by atoms with Gasteiger partial charge in [0, 0.05) is 30.2 Å². The molecule has 7 fully saturated rings. The van der Waals surface area contributed by atoms with E-state index in [1.807, 2.05) is 6.07 Å². The Kier molecular flexibility index (Phi) is 1.47. The lowest BCUT2D eigenvalue weighted by Crippen LogP contribution is -2.51. The monoisotopic (exact) mass is 290 g/mol. The van der Waals surface area contributed by atoms with E-state index in [0.717, 1.165) is 30.2 Å². The van der Waals surface area contributed by atoms with E-state index < -0.39 is 5.72 Å². The number of rotatable bonds is 2. The number of nitrogens with zero attached hydrogens (tertiary/aromatic N) is 2. The molecule has 1 aromatic rings. The molecule has 1 aromatic carbocycles. The largest absolute Gasteiger partial charge is 0.375 e. The van der Waals surface area contributed by atoms with E-state index in [4.69, 9.17) is 0 Å². The van der Waals surface area contributed by atoms with E-state index in [1.165, 1.54) is 12.0 Å². The molecular weight excluding hydrogens is 272 g/mol. The minimum absolute atomic E-state index is 0.350. The van der Waals surface area contributed by atoms with Crippen LogP contribution in [0.4, 0.5) is 0 Å². The van der Waals surface area contributed by atoms with Crippen LogP contribution in [0.15, 0.2) is 30.3 Å². The molecule has 3 heteroatoms. The van der Waals surface area contributed by atoms with Gasteiger partial charge in [-0.3, -0.25) is 4.90 Å². The Balaban J connectivity index is 1.45. The topological polar surface area (TPSA) is 47.3 Å². The zero-order chi connectivity index (χ0) is 14.4. The summed E-state index contributed by atoms with van der Waals surface area (Å²) in [5.74, 6) is 4.71. The van der Waals surface area contributed by atoms with Crippen molar-refractivity contribution in [1.82, 2.24) is 4.90 Å². The third-order valence-electron chi connectivity index (χ3n) is 8.74. The van der Waals surface area contributed by atoms with E-state index in [-0.39, 0.29) is 5.54 Å². The fourth-order valence-electron chi connectivity index (χ4n) is 8.84. The summed E-state index contributed by atoms with van der Waals surface area (Å²) in [6, 6.07) is 13.2. The summed E-state index contributed by atoms with van der Waals surface area (Å²) in [6.45, 7) is 0.740. The molecule has 0 radical (unpaired) electrons. The van der Waals surface area contributed by atoms with Gasteiger partial charge >= 0.3 is 0 Å². The third-order valence-corrected chi connectivity index (χ3v) is 8.74. The predicted molar refractivity (Wildman–Crippen MR) is 77.8 cm³/mol. The van der Waals surface area contributed by atoms with E-state index >= 15 is 0 Å². The van der Waals surface area contributed by atoms with Gasteiger partial charge in [0.25, 0.3) is 0 Å². The molecular formula is C19H18N2O. The average molecular weight is 290 g/mol. The van der Waals surface area contributed by atoms with Gasteiger partial charge in [-0.25, -0.2) is 0 Å². The molecule has 0 spiro atoms. The van der Waals surface area contributed by atoms with Gasteiger partial charge in [-0.05, 0) is 35.7 Å². The van der Waals surface area contributed by atoms with E-state index in [1.54, 1.807) is 0 Å². The summed E-state index contributed by atoms with van der Waals surface area (Å²) in [4.78, 5) is 2.27. The van der Waals surface area contributed by atoms with Crippen LogP contribution in [0.1, 0.15) is 12.0 Å². The standard InChI is InChI=1S/C19H18N2O/c20-8-18-14-10-6-11-13-12(10)16(18)17(13)19(22,15(11)14)21(18)7-9-4-2-1-3-5-9/h1-5,10-17,22H,6-7H2. The van der Waals surface area contributed by atoms with Crippen LogP contribution in [0.25, 0.3) is 0 Å². The Hall–Kier alpha value is -1.37. The van der Waals surface area contributed by atoms with Crippen LogP contribution < -0.4 is 0 Å². The highest BCUT2D eigenvalue weighted by molar-refractivity contribution is 5.49. The van der Waals surface area contributed by atoms with Crippen LogP contribution in [0.5, 0.6) is 0 Å². The van der Waals surface area contributed by atoms with Crippen LogP contribution in [0.2, 0.25) is 0 Å². The number of nitriles is 1. The van der Waals surface area contributed by atoms with Crippen molar-refractivity contribution >= 4 is 0 Å². The highest BCUT2D eigenvalue weighted by Gasteiger charge is 2.98. The molecule has 10 atom stereocenters. The lowest BCUT2D eigenvalue weighted by Gasteiger charge is -2.46. The fraction of sp³-hybridized carbons (Fsp3) is 0.632. The van der Waals surface area contributed by atoms with Gasteiger partial charge < -0.3 is 5.11 Å². The third kappa shape index (κ3) is 0.721. The Bertz CT molecular complexity index is 771. The molecule has 2 heterocycles. The molecule has 1 N–H and O–H groups in total. The molecule has 10 unspecified atom stereocenters. The lowest BCUT2D eigenvalue weighted by molar-refractivity contribution is -0.135. The van der Waals surface area contributed by atoms with Gasteiger partial charge in [-0.1, -0.05) is 30.3 Å². The molecule has 110 valence electrons. The van der Waals surface area contributed by atoms with E-state index in [9.17, 15) is 10.4 Å². The summed E-state index contributed by atoms with van der Waals surface area (Å²) < 4.78 is 0. The van der Waals surface area contributed by atoms with Crippen LogP contribution in [-0.2, 0) is 6.54 Å². The first-order valence-corrected chi connectivity index (χ1v) is 8.70. The first-order valence-electron chi connectivity index (χ1n) is 8.70. The van der Waals surface area contributed by atoms with Gasteiger partial charge in [0.2, 0.25) is 0 Å². The van der Waals surface area contributed by atoms with E-state index in [0.29, 0.717) is 23.7 Å². The molecule has 2 aliphatic heterocycles. The Morgan fingerprint density at radius 3 is 2.59 bits per heavy atom. The molecule has 2 saturated heterocycles. The van der Waals surface area contributed by atoms with Gasteiger partial charge in [-0.15, -0.1) is 0 Å². The second-order valence-electron chi connectivity index (χ2n) is 8.61. The predicted octanol–water partition coefficient (Wildman–Crippen LogP) is 1.84. The summed E-state index contributed by atoms with van der Waals surface area (Å²) in [6.07, 6.45) is 1.31. The maximum atomic E-state index is 11.7. The minimum Gasteiger partial charge on any atom is -0.375 e. The van der Waals surface area contributed by atoms with Crippen molar-refractivity contribution in [2.24, 2.45) is 47.3 Å². The summed E-state index contributed by atoms with van der Waals surface area (Å²) in [5.41, 5.74) is 0.210. The van der Waals surface area contributed by atoms with Gasteiger partial charge in [0.05, 0.1) is 6.07 Å². The van der Waals surface area contributed by atoms with Crippen molar-refractivity contribution in [1.29, 1.82) is 5.26 Å². The Labute approximate surface area is 129 Å². The van der Waals surface area contributed by atoms with Crippen molar-refractivity contribution in [3.63, 3.8) is 0 Å². The SMILES string of the molecule is N#CC12C3C4CC5C6C4C1C6C(O)(C53)N2Cc1ccccc1. The lowest BCUT2D eigenvalue weighted by atomic mass is 9.57. The molecule has 3 nitrogen and oxygen atoms in total. The normalized spacial score (nSPS) is 63.8. The molecule has 7 aliphatic rings. The highest BCUT2D eigenvalue weighted by Crippen LogP contribution is 2.93. The van der Waals surface area contributed by atoms with Crippen molar-refractivity contribution in [2.75, 3.05) is 0 Å². The van der Waals surface area contributed by atoms with Gasteiger partial charge in [-0.2, -0.15) is 5.26 Å². The maximum Gasteiger partial charge on any atom is 0.127 e. The quantitative estimate of drug-likeness (QED) is 0.904. The van der Waals surface area contributed by atoms with Crippen molar-refractivity contribution in [2.45, 2.75) is 24.2 Å². The van der Waals surface area contributed by atoms with Gasteiger partial charge in [0.1, 0.15) is 11.3 Å². The van der Waals surface area contributed by atoms with Crippen molar-refractivity contribution in [3.05, 3.63) is 35.9 Å². The maximum absolute atomic E-state index is 11.7. The molecule has 0 amide bonds. The molecule has 5 saturated carbocycles. The highest BCUT2D eigenvalue weighted by atomic mass is 16.3. The number of aliphatic hydroxyl groups is 1. The van der Waals surface area contributed by atoms with Crippen LogP contribution in [0, 0.1) is 58.7 Å². The van der Waals surface area contributed by atoms with Crippen LogP contribution in [0.3, 0.4) is 0 Å². The average Bonchev–Trinajstić information content (AvgIpc) is 3.13. The smallest absolute Gasteiger partial charge is 0.127 e. The number of hydrogen-bond acceptors (Lipinski definition) is 3. The minimum atomic E-state index is -0.669. The van der Waals surface area contributed by atoms with Crippen molar-refractivity contribution in [3.8, 4) is 6.07 Å². The number of benzene rings is 1. The Morgan fingerprint density at radius 2 is 1.82 bits per heavy atom. The molecule has 22 heavy (non-hydrogen) atoms. The zero-order valence-electron chi connectivity index (χ0n) is 12.3. The summed E-state index contributed by atoms with van der Waals surface area (Å²) >= 11 is 0. The second kappa shape index (κ2) is 2.88. The van der Waals surface area contributed by atoms with E-state index in [2.05, 4.69) is 35.2 Å². The van der Waals surface area contributed by atoms with Crippen molar-refractivity contribution < 1.29 is 5.11 Å². The molecule has 5 aliphatic carbocycles.